The van der Waals surface area contributed by atoms with Crippen LogP contribution in [-0.2, 0) is 19.6 Å². The van der Waals surface area contributed by atoms with Gasteiger partial charge in [-0.15, -0.1) is 0 Å². The van der Waals surface area contributed by atoms with Crippen LogP contribution in [0.2, 0.25) is 0 Å². The van der Waals surface area contributed by atoms with Crippen molar-refractivity contribution in [2.75, 3.05) is 31.5 Å². The molecule has 0 radical (unpaired) electrons. The molecule has 0 unspecified atom stereocenters. The highest BCUT2D eigenvalue weighted by atomic mass is 32.1. The minimum atomic E-state index is 0.693. The van der Waals surface area contributed by atoms with Crippen molar-refractivity contribution < 1.29 is 0 Å². The molecule has 4 heterocycles. The third-order valence-corrected chi connectivity index (χ3v) is 7.56. The second kappa shape index (κ2) is 10.9. The fourth-order valence-electron chi connectivity index (χ4n) is 4.91. The van der Waals surface area contributed by atoms with Crippen LogP contribution in [0.5, 0.6) is 0 Å². The summed E-state index contributed by atoms with van der Waals surface area (Å²) in [6.45, 7) is 14.6. The van der Waals surface area contributed by atoms with Crippen LogP contribution in [0.15, 0.2) is 48.9 Å². The molecule has 194 valence electrons. The molecule has 1 fully saturated rings. The predicted octanol–water partition coefficient (Wildman–Crippen LogP) is 3.77. The molecule has 5 rings (SSSR count). The molecule has 37 heavy (non-hydrogen) atoms. The maximum atomic E-state index is 5.73. The molecule has 0 spiro atoms. The van der Waals surface area contributed by atoms with Crippen molar-refractivity contribution in [1.29, 1.82) is 0 Å². The molecule has 0 atom stereocenters. The summed E-state index contributed by atoms with van der Waals surface area (Å²) in [6.07, 6.45) is 5.76. The lowest BCUT2D eigenvalue weighted by Gasteiger charge is -2.36. The Morgan fingerprint density at radius 1 is 0.946 bits per heavy atom. The number of nitrogens with one attached hydrogen (secondary N) is 1. The van der Waals surface area contributed by atoms with E-state index in [0.29, 0.717) is 6.54 Å². The number of piperazine rings is 1. The number of rotatable bonds is 7. The highest BCUT2D eigenvalue weighted by Gasteiger charge is 2.22. The maximum absolute atomic E-state index is 5.73. The zero-order chi connectivity index (χ0) is 25.9. The zero-order valence-electron chi connectivity index (χ0n) is 22.1. The van der Waals surface area contributed by atoms with E-state index in [1.165, 1.54) is 22.5 Å². The summed E-state index contributed by atoms with van der Waals surface area (Å²) in [5, 5.41) is 17.9. The van der Waals surface area contributed by atoms with E-state index in [9.17, 15) is 0 Å². The molecule has 0 saturated carbocycles. The van der Waals surface area contributed by atoms with Crippen LogP contribution in [0.3, 0.4) is 0 Å². The number of aromatic nitrogens is 6. The molecule has 9 nitrogen and oxygen atoms in total. The summed E-state index contributed by atoms with van der Waals surface area (Å²) < 4.78 is 5.98. The van der Waals surface area contributed by atoms with Gasteiger partial charge in [-0.2, -0.15) is 15.3 Å². The third kappa shape index (κ3) is 5.45. The SMILES string of the molecule is CCn1ncc(Cn2cc(NC(=S)N3CCN(Cc4c(C)nn(-c5ccccc5)c4C)CC3)cn2)c1C. The fraction of sp³-hybridized carbons (Fsp3) is 0.407. The van der Waals surface area contributed by atoms with Gasteiger partial charge < -0.3 is 10.2 Å². The van der Waals surface area contributed by atoms with Gasteiger partial charge in [0, 0.05) is 68.0 Å². The molecule has 0 aliphatic carbocycles. The molecule has 0 bridgehead atoms. The number of hydrogen-bond donors (Lipinski definition) is 1. The first-order valence-electron chi connectivity index (χ1n) is 12.9. The van der Waals surface area contributed by atoms with Gasteiger partial charge in [0.05, 0.1) is 36.0 Å². The van der Waals surface area contributed by atoms with Crippen LogP contribution in [0.1, 0.15) is 35.1 Å². The van der Waals surface area contributed by atoms with E-state index < -0.39 is 0 Å². The standard InChI is InChI=1S/C27H35N9S/c1-5-35-21(3)23(15-29-35)17-34-18-24(16-28-34)30-27(37)33-13-11-32(12-14-33)19-26-20(2)31-36(22(26)4)25-9-7-6-8-10-25/h6-10,15-16,18H,5,11-14,17,19H2,1-4H3,(H,30,37). The third-order valence-electron chi connectivity index (χ3n) is 7.20. The summed E-state index contributed by atoms with van der Waals surface area (Å²) in [7, 11) is 0. The van der Waals surface area contributed by atoms with E-state index in [0.717, 1.165) is 61.4 Å². The average molecular weight is 518 g/mol. The second-order valence-electron chi connectivity index (χ2n) is 9.59. The topological polar surface area (TPSA) is 72.0 Å². The van der Waals surface area contributed by atoms with Crippen molar-refractivity contribution in [3.8, 4) is 5.69 Å². The summed E-state index contributed by atoms with van der Waals surface area (Å²) in [5.74, 6) is 0. The molecule has 1 aromatic carbocycles. The lowest BCUT2D eigenvalue weighted by Crippen LogP contribution is -2.49. The lowest BCUT2D eigenvalue weighted by molar-refractivity contribution is 0.176. The summed E-state index contributed by atoms with van der Waals surface area (Å²) in [5.41, 5.74) is 7.98. The monoisotopic (exact) mass is 517 g/mol. The number of aryl methyl sites for hydroxylation is 2. The van der Waals surface area contributed by atoms with Crippen molar-refractivity contribution in [1.82, 2.24) is 39.1 Å². The van der Waals surface area contributed by atoms with E-state index in [1.54, 1.807) is 0 Å². The van der Waals surface area contributed by atoms with Gasteiger partial charge in [-0.05, 0) is 52.0 Å². The Kier molecular flexibility index (Phi) is 7.38. The zero-order valence-corrected chi connectivity index (χ0v) is 22.9. The molecular formula is C27H35N9S. The molecule has 1 saturated heterocycles. The van der Waals surface area contributed by atoms with Crippen molar-refractivity contribution in [3.63, 3.8) is 0 Å². The molecule has 0 amide bonds. The summed E-state index contributed by atoms with van der Waals surface area (Å²) in [6, 6.07) is 10.3. The minimum absolute atomic E-state index is 0.693. The van der Waals surface area contributed by atoms with Crippen LogP contribution in [-0.4, -0.2) is 70.4 Å². The van der Waals surface area contributed by atoms with Gasteiger partial charge in [0.2, 0.25) is 0 Å². The highest BCUT2D eigenvalue weighted by Crippen LogP contribution is 2.20. The lowest BCUT2D eigenvalue weighted by atomic mass is 10.1. The van der Waals surface area contributed by atoms with Gasteiger partial charge in [0.1, 0.15) is 0 Å². The maximum Gasteiger partial charge on any atom is 0.173 e. The molecule has 1 aliphatic rings. The van der Waals surface area contributed by atoms with Gasteiger partial charge >= 0.3 is 0 Å². The number of thiocarbonyl (C=S) groups is 1. The second-order valence-corrected chi connectivity index (χ2v) is 9.97. The largest absolute Gasteiger partial charge is 0.346 e. The number of anilines is 1. The highest BCUT2D eigenvalue weighted by molar-refractivity contribution is 7.80. The molecular weight excluding hydrogens is 482 g/mol. The normalized spacial score (nSPS) is 14.3. The molecule has 1 N–H and O–H groups in total. The van der Waals surface area contributed by atoms with Crippen LogP contribution in [0, 0.1) is 20.8 Å². The van der Waals surface area contributed by atoms with Crippen LogP contribution in [0.25, 0.3) is 5.69 Å². The summed E-state index contributed by atoms with van der Waals surface area (Å²) >= 11 is 5.73. The Morgan fingerprint density at radius 2 is 1.70 bits per heavy atom. The smallest absolute Gasteiger partial charge is 0.173 e. The van der Waals surface area contributed by atoms with Gasteiger partial charge in [0.25, 0.3) is 0 Å². The molecule has 10 heteroatoms. The van der Waals surface area contributed by atoms with Crippen molar-refractivity contribution in [2.24, 2.45) is 0 Å². The summed E-state index contributed by atoms with van der Waals surface area (Å²) in [4.78, 5) is 4.73. The van der Waals surface area contributed by atoms with Gasteiger partial charge in [-0.1, -0.05) is 18.2 Å². The Morgan fingerprint density at radius 3 is 2.41 bits per heavy atom. The number of benzene rings is 1. The van der Waals surface area contributed by atoms with Gasteiger partial charge in [-0.25, -0.2) is 4.68 Å². The molecule has 1 aliphatic heterocycles. The van der Waals surface area contributed by atoms with Gasteiger partial charge in [0.15, 0.2) is 5.11 Å². The van der Waals surface area contributed by atoms with Gasteiger partial charge in [-0.3, -0.25) is 14.3 Å². The molecule has 3 aromatic heterocycles. The Labute approximate surface area is 223 Å². The number of para-hydroxylation sites is 1. The number of nitrogens with zero attached hydrogens (tertiary/aromatic N) is 8. The van der Waals surface area contributed by atoms with E-state index in [-0.39, 0.29) is 0 Å². The van der Waals surface area contributed by atoms with Crippen LogP contribution >= 0.6 is 12.2 Å². The number of hydrogen-bond acceptors (Lipinski definition) is 5. The predicted molar refractivity (Wildman–Crippen MR) is 150 cm³/mol. The Bertz CT molecular complexity index is 1360. The van der Waals surface area contributed by atoms with E-state index >= 15 is 0 Å². The van der Waals surface area contributed by atoms with E-state index in [1.807, 2.05) is 34.0 Å². The fourth-order valence-corrected chi connectivity index (χ4v) is 5.21. The quantitative estimate of drug-likeness (QED) is 0.374. The first-order valence-corrected chi connectivity index (χ1v) is 13.3. The van der Waals surface area contributed by atoms with Crippen molar-refractivity contribution >= 4 is 23.0 Å². The molecule has 4 aromatic rings. The Balaban J connectivity index is 1.14. The van der Waals surface area contributed by atoms with Crippen LogP contribution < -0.4 is 5.32 Å². The first-order chi connectivity index (χ1) is 17.9. The average Bonchev–Trinajstić information content (AvgIpc) is 3.59. The van der Waals surface area contributed by atoms with E-state index in [2.05, 4.69) is 82.0 Å². The van der Waals surface area contributed by atoms with Crippen molar-refractivity contribution in [3.05, 3.63) is 77.1 Å². The van der Waals surface area contributed by atoms with Crippen LogP contribution in [0.4, 0.5) is 5.69 Å². The van der Waals surface area contributed by atoms with E-state index in [4.69, 9.17) is 17.3 Å². The minimum Gasteiger partial charge on any atom is -0.346 e. The van der Waals surface area contributed by atoms with Crippen molar-refractivity contribution in [2.45, 2.75) is 47.3 Å². The first kappa shape index (κ1) is 25.2. The Hall–Kier alpha value is -3.50.